The van der Waals surface area contributed by atoms with Crippen molar-refractivity contribution in [1.29, 1.82) is 0 Å². The predicted molar refractivity (Wildman–Crippen MR) is 83.1 cm³/mol. The molecule has 2 N–H and O–H groups in total. The summed E-state index contributed by atoms with van der Waals surface area (Å²) >= 11 is 0. The van der Waals surface area contributed by atoms with Crippen molar-refractivity contribution < 1.29 is 19.0 Å². The average molecular weight is 315 g/mol. The van der Waals surface area contributed by atoms with Crippen LogP contribution >= 0.6 is 0 Å². The first-order valence-electron chi connectivity index (χ1n) is 7.51. The summed E-state index contributed by atoms with van der Waals surface area (Å²) in [4.78, 5) is 12.1. The molecular formula is C18H18FNO3. The van der Waals surface area contributed by atoms with Gasteiger partial charge in [-0.05, 0) is 11.6 Å². The Kier molecular flexibility index (Phi) is 4.30. The first-order valence-corrected chi connectivity index (χ1v) is 7.51. The zero-order chi connectivity index (χ0) is 16.3. The third-order valence-corrected chi connectivity index (χ3v) is 4.11. The topological polar surface area (TPSA) is 58.6 Å². The van der Waals surface area contributed by atoms with Gasteiger partial charge in [-0.2, -0.15) is 0 Å². The number of hydrogen-bond acceptors (Lipinski definition) is 3. The van der Waals surface area contributed by atoms with Crippen molar-refractivity contribution in [3.8, 4) is 0 Å². The van der Waals surface area contributed by atoms with E-state index in [0.29, 0.717) is 5.56 Å². The molecule has 1 saturated carbocycles. The van der Waals surface area contributed by atoms with Gasteiger partial charge in [0.1, 0.15) is 12.4 Å². The molecule has 120 valence electrons. The van der Waals surface area contributed by atoms with Gasteiger partial charge < -0.3 is 15.2 Å². The van der Waals surface area contributed by atoms with Gasteiger partial charge >= 0.3 is 6.09 Å². The summed E-state index contributed by atoms with van der Waals surface area (Å²) in [5.74, 6) is -0.400. The summed E-state index contributed by atoms with van der Waals surface area (Å²) < 4.78 is 19.3. The molecule has 0 aliphatic heterocycles. The fourth-order valence-electron chi connectivity index (χ4n) is 2.94. The van der Waals surface area contributed by atoms with Gasteiger partial charge in [-0.3, -0.25) is 0 Å². The zero-order valence-corrected chi connectivity index (χ0v) is 12.5. The van der Waals surface area contributed by atoms with Crippen LogP contribution in [-0.2, 0) is 16.9 Å². The molecule has 1 aliphatic carbocycles. The van der Waals surface area contributed by atoms with Crippen LogP contribution in [0.1, 0.15) is 24.0 Å². The van der Waals surface area contributed by atoms with Crippen molar-refractivity contribution >= 4 is 6.09 Å². The van der Waals surface area contributed by atoms with E-state index in [0.717, 1.165) is 5.56 Å². The molecule has 2 aromatic carbocycles. The van der Waals surface area contributed by atoms with Gasteiger partial charge in [-0.15, -0.1) is 0 Å². The molecule has 4 nitrogen and oxygen atoms in total. The Labute approximate surface area is 133 Å². The molecule has 0 bridgehead atoms. The summed E-state index contributed by atoms with van der Waals surface area (Å²) in [7, 11) is 0. The van der Waals surface area contributed by atoms with E-state index in [1.54, 1.807) is 18.2 Å². The molecule has 3 rings (SSSR count). The predicted octanol–water partition coefficient (Wildman–Crippen LogP) is 3.10. The third-order valence-electron chi connectivity index (χ3n) is 4.11. The zero-order valence-electron chi connectivity index (χ0n) is 12.5. The summed E-state index contributed by atoms with van der Waals surface area (Å²) in [6.07, 6.45) is -0.629. The van der Waals surface area contributed by atoms with Gasteiger partial charge in [0, 0.05) is 18.4 Å². The number of alkyl carbamates (subject to hydrolysis) is 1. The Morgan fingerprint density at radius 3 is 2.48 bits per heavy atom. The van der Waals surface area contributed by atoms with E-state index >= 15 is 0 Å². The van der Waals surface area contributed by atoms with Crippen molar-refractivity contribution in [3.63, 3.8) is 0 Å². The Morgan fingerprint density at radius 2 is 1.83 bits per heavy atom. The molecule has 1 amide bonds. The fourth-order valence-corrected chi connectivity index (χ4v) is 2.94. The number of benzene rings is 2. The second-order valence-corrected chi connectivity index (χ2v) is 5.81. The maximum atomic E-state index is 14.1. The number of carbonyl (C=O) groups excluding carboxylic acids is 1. The monoisotopic (exact) mass is 315 g/mol. The highest BCUT2D eigenvalue weighted by molar-refractivity contribution is 5.69. The van der Waals surface area contributed by atoms with Gasteiger partial charge in [0.25, 0.3) is 0 Å². The van der Waals surface area contributed by atoms with Gasteiger partial charge in [0.05, 0.1) is 11.6 Å². The lowest BCUT2D eigenvalue weighted by Gasteiger charge is -2.45. The minimum atomic E-state index is -0.904. The van der Waals surface area contributed by atoms with Gasteiger partial charge in [0.15, 0.2) is 0 Å². The molecule has 1 fully saturated rings. The number of nitrogens with one attached hydrogen (secondary N) is 1. The maximum absolute atomic E-state index is 14.1. The number of carbonyl (C=O) groups is 1. The molecule has 0 aromatic heterocycles. The van der Waals surface area contributed by atoms with Gasteiger partial charge in [0.2, 0.25) is 0 Å². The van der Waals surface area contributed by atoms with E-state index < -0.39 is 23.6 Å². The normalized spacial score (nSPS) is 23.0. The lowest BCUT2D eigenvalue weighted by Crippen LogP contribution is -2.57. The second kappa shape index (κ2) is 6.38. The minimum absolute atomic E-state index is 0.141. The molecule has 5 heteroatoms. The lowest BCUT2D eigenvalue weighted by atomic mass is 9.69. The van der Waals surface area contributed by atoms with E-state index in [-0.39, 0.29) is 19.4 Å². The first-order chi connectivity index (χ1) is 11.1. The van der Waals surface area contributed by atoms with E-state index in [1.165, 1.54) is 6.07 Å². The molecule has 0 heterocycles. The summed E-state index contributed by atoms with van der Waals surface area (Å²) in [5, 5.41) is 12.4. The van der Waals surface area contributed by atoms with E-state index in [9.17, 15) is 14.3 Å². The Morgan fingerprint density at radius 1 is 1.17 bits per heavy atom. The highest BCUT2D eigenvalue weighted by Crippen LogP contribution is 2.42. The largest absolute Gasteiger partial charge is 0.445 e. The second-order valence-electron chi connectivity index (χ2n) is 5.81. The molecule has 0 atom stereocenters. The van der Waals surface area contributed by atoms with Gasteiger partial charge in [-0.1, -0.05) is 48.5 Å². The number of halogens is 1. The van der Waals surface area contributed by atoms with Crippen LogP contribution in [0, 0.1) is 5.82 Å². The smallest absolute Gasteiger partial charge is 0.408 e. The SMILES string of the molecule is O=C(NC1(c2ccccc2F)CC(O)C1)OCc1ccccc1. The number of rotatable bonds is 4. The Hall–Kier alpha value is -2.40. The van der Waals surface area contributed by atoms with Crippen LogP contribution in [0.15, 0.2) is 54.6 Å². The fraction of sp³-hybridized carbons (Fsp3) is 0.278. The van der Waals surface area contributed by atoms with Crippen molar-refractivity contribution in [2.75, 3.05) is 0 Å². The molecular weight excluding hydrogens is 297 g/mol. The molecule has 0 radical (unpaired) electrons. The Balaban J connectivity index is 1.68. The summed E-state index contributed by atoms with van der Waals surface area (Å²) in [5.41, 5.74) is 0.344. The molecule has 0 unspecified atom stereocenters. The highest BCUT2D eigenvalue weighted by atomic mass is 19.1. The van der Waals surface area contributed by atoms with Crippen LogP contribution in [0.5, 0.6) is 0 Å². The van der Waals surface area contributed by atoms with Crippen molar-refractivity contribution in [2.24, 2.45) is 0 Å². The van der Waals surface area contributed by atoms with Crippen molar-refractivity contribution in [1.82, 2.24) is 5.32 Å². The minimum Gasteiger partial charge on any atom is -0.445 e. The Bertz CT molecular complexity index is 684. The van der Waals surface area contributed by atoms with Crippen LogP contribution in [0.4, 0.5) is 9.18 Å². The van der Waals surface area contributed by atoms with Crippen molar-refractivity contribution in [3.05, 3.63) is 71.5 Å². The molecule has 0 spiro atoms. The summed E-state index contributed by atoms with van der Waals surface area (Å²) in [6.45, 7) is 0.141. The number of hydrogen-bond donors (Lipinski definition) is 2. The lowest BCUT2D eigenvalue weighted by molar-refractivity contribution is -0.00371. The van der Waals surface area contributed by atoms with Crippen LogP contribution in [0.2, 0.25) is 0 Å². The van der Waals surface area contributed by atoms with Gasteiger partial charge in [-0.25, -0.2) is 9.18 Å². The average Bonchev–Trinajstić information content (AvgIpc) is 2.53. The quantitative estimate of drug-likeness (QED) is 0.911. The maximum Gasteiger partial charge on any atom is 0.408 e. The number of aliphatic hydroxyl groups excluding tert-OH is 1. The van der Waals surface area contributed by atoms with Crippen LogP contribution in [0.3, 0.4) is 0 Å². The van der Waals surface area contributed by atoms with E-state index in [2.05, 4.69) is 5.32 Å². The van der Waals surface area contributed by atoms with E-state index in [4.69, 9.17) is 4.74 Å². The van der Waals surface area contributed by atoms with Crippen LogP contribution in [-0.4, -0.2) is 17.3 Å². The number of amides is 1. The van der Waals surface area contributed by atoms with Crippen molar-refractivity contribution in [2.45, 2.75) is 31.1 Å². The highest BCUT2D eigenvalue weighted by Gasteiger charge is 2.47. The standard InChI is InChI=1S/C18H18FNO3/c19-16-9-5-4-8-15(16)18(10-14(21)11-18)20-17(22)23-12-13-6-2-1-3-7-13/h1-9,14,21H,10-12H2,(H,20,22). The van der Waals surface area contributed by atoms with E-state index in [1.807, 2.05) is 30.3 Å². The molecule has 1 aliphatic rings. The molecule has 23 heavy (non-hydrogen) atoms. The van der Waals surface area contributed by atoms with Crippen LogP contribution in [0.25, 0.3) is 0 Å². The first kappa shape index (κ1) is 15.5. The third kappa shape index (κ3) is 3.35. The molecule has 0 saturated heterocycles. The van der Waals surface area contributed by atoms with Crippen LogP contribution < -0.4 is 5.32 Å². The molecule has 2 aromatic rings. The number of ether oxygens (including phenoxy) is 1. The number of aliphatic hydroxyl groups is 1. The summed E-state index contributed by atoms with van der Waals surface area (Å²) in [6, 6.07) is 15.6.